The Balaban J connectivity index is 1.27. The molecule has 0 radical (unpaired) electrons. The molecule has 0 spiro atoms. The van der Waals surface area contributed by atoms with Gasteiger partial charge in [-0.05, 0) is 74.4 Å². The Labute approximate surface area is 220 Å². The number of hydrogen-bond donors (Lipinski definition) is 3. The maximum absolute atomic E-state index is 12.1. The average Bonchev–Trinajstić information content (AvgIpc) is 3.36. The highest BCUT2D eigenvalue weighted by Crippen LogP contribution is 2.29. The standard InChI is InChI=1S/C29H28N6O3/c1-19-14-22(7-10-27(19)38-24-8-5-20(2)31-16-24)34-28-25-15-21(6-9-26(25)32-18-33-28)4-3-12-30-29(37)35-13-11-23(36)17-35/h5-10,14-16,18,23,36H,11-13,17H2,1-2H3,(H,30,37)(H,32,33,34). The number of anilines is 2. The van der Waals surface area contributed by atoms with Crippen molar-refractivity contribution in [2.75, 3.05) is 25.0 Å². The normalized spacial score (nSPS) is 14.6. The third-order valence-corrected chi connectivity index (χ3v) is 6.20. The van der Waals surface area contributed by atoms with E-state index in [1.165, 1.54) is 6.33 Å². The first-order valence-electron chi connectivity index (χ1n) is 12.4. The maximum Gasteiger partial charge on any atom is 0.318 e. The molecule has 1 saturated heterocycles. The molecule has 1 aliphatic heterocycles. The Morgan fingerprint density at radius 2 is 2.03 bits per heavy atom. The highest BCUT2D eigenvalue weighted by atomic mass is 16.5. The number of amides is 2. The van der Waals surface area contributed by atoms with E-state index in [9.17, 15) is 9.90 Å². The van der Waals surface area contributed by atoms with Crippen molar-refractivity contribution in [3.8, 4) is 23.3 Å². The maximum atomic E-state index is 12.1. The zero-order chi connectivity index (χ0) is 26.5. The molecule has 9 nitrogen and oxygen atoms in total. The van der Waals surface area contributed by atoms with Crippen LogP contribution >= 0.6 is 0 Å². The average molecular weight is 509 g/mol. The van der Waals surface area contributed by atoms with Gasteiger partial charge in [0.05, 0.1) is 24.4 Å². The lowest BCUT2D eigenvalue weighted by atomic mass is 10.1. The van der Waals surface area contributed by atoms with E-state index in [2.05, 4.69) is 37.4 Å². The molecule has 0 bridgehead atoms. The van der Waals surface area contributed by atoms with E-state index in [4.69, 9.17) is 4.74 Å². The van der Waals surface area contributed by atoms with Crippen LogP contribution in [-0.4, -0.2) is 56.7 Å². The number of aryl methyl sites for hydroxylation is 2. The van der Waals surface area contributed by atoms with Crippen LogP contribution in [0.4, 0.5) is 16.3 Å². The van der Waals surface area contributed by atoms with E-state index >= 15 is 0 Å². The summed E-state index contributed by atoms with van der Waals surface area (Å²) in [7, 11) is 0. The smallest absolute Gasteiger partial charge is 0.318 e. The van der Waals surface area contributed by atoms with Crippen molar-refractivity contribution >= 4 is 28.4 Å². The lowest BCUT2D eigenvalue weighted by molar-refractivity contribution is 0.172. The molecule has 1 unspecified atom stereocenters. The van der Waals surface area contributed by atoms with Gasteiger partial charge in [0, 0.05) is 35.4 Å². The number of carbonyl (C=O) groups excluding carboxylic acids is 1. The minimum Gasteiger partial charge on any atom is -0.455 e. The Bertz CT molecular complexity index is 1530. The number of pyridine rings is 1. The molecule has 5 rings (SSSR count). The first-order chi connectivity index (χ1) is 18.4. The van der Waals surface area contributed by atoms with Crippen LogP contribution < -0.4 is 15.4 Å². The van der Waals surface area contributed by atoms with Gasteiger partial charge in [0.25, 0.3) is 0 Å². The zero-order valence-electron chi connectivity index (χ0n) is 21.2. The first kappa shape index (κ1) is 25.0. The summed E-state index contributed by atoms with van der Waals surface area (Å²) in [5.41, 5.74) is 4.34. The molecular formula is C29H28N6O3. The molecule has 1 aliphatic rings. The predicted octanol–water partition coefficient (Wildman–Crippen LogP) is 4.31. The molecule has 2 amide bonds. The number of hydrogen-bond acceptors (Lipinski definition) is 7. The molecule has 2 aromatic heterocycles. The second-order valence-corrected chi connectivity index (χ2v) is 9.15. The molecule has 2 aromatic carbocycles. The SMILES string of the molecule is Cc1ccc(Oc2ccc(Nc3ncnc4ccc(C#CCNC(=O)N5CCC(O)C5)cc34)cc2C)cn1. The summed E-state index contributed by atoms with van der Waals surface area (Å²) in [6, 6.07) is 15.2. The van der Waals surface area contributed by atoms with Gasteiger partial charge in [-0.15, -0.1) is 0 Å². The van der Waals surface area contributed by atoms with E-state index in [0.717, 1.165) is 39.2 Å². The third-order valence-electron chi connectivity index (χ3n) is 6.20. The van der Waals surface area contributed by atoms with Crippen LogP contribution in [0.2, 0.25) is 0 Å². The van der Waals surface area contributed by atoms with Gasteiger partial charge in [-0.25, -0.2) is 14.8 Å². The molecule has 3 heterocycles. The third kappa shape index (κ3) is 5.99. The van der Waals surface area contributed by atoms with Crippen molar-refractivity contribution in [1.29, 1.82) is 0 Å². The van der Waals surface area contributed by atoms with E-state index in [1.807, 2.05) is 62.4 Å². The fourth-order valence-electron chi connectivity index (χ4n) is 4.16. The second kappa shape index (κ2) is 11.2. The summed E-state index contributed by atoms with van der Waals surface area (Å²) in [5, 5.41) is 16.6. The minimum atomic E-state index is -0.444. The molecule has 3 N–H and O–H groups in total. The van der Waals surface area contributed by atoms with Crippen LogP contribution in [0.15, 0.2) is 61.1 Å². The van der Waals surface area contributed by atoms with Crippen molar-refractivity contribution in [3.63, 3.8) is 0 Å². The lowest BCUT2D eigenvalue weighted by Crippen LogP contribution is -2.39. The molecule has 0 aliphatic carbocycles. The number of urea groups is 1. The fourth-order valence-corrected chi connectivity index (χ4v) is 4.16. The molecule has 4 aromatic rings. The molecule has 9 heteroatoms. The van der Waals surface area contributed by atoms with Gasteiger partial charge in [0.15, 0.2) is 0 Å². The summed E-state index contributed by atoms with van der Waals surface area (Å²) in [4.78, 5) is 26.8. The van der Waals surface area contributed by atoms with Gasteiger partial charge in [0.1, 0.15) is 23.6 Å². The first-order valence-corrected chi connectivity index (χ1v) is 12.4. The summed E-state index contributed by atoms with van der Waals surface area (Å²) >= 11 is 0. The number of benzene rings is 2. The summed E-state index contributed by atoms with van der Waals surface area (Å²) in [6.45, 7) is 5.05. The van der Waals surface area contributed by atoms with E-state index in [1.54, 1.807) is 11.1 Å². The van der Waals surface area contributed by atoms with Gasteiger partial charge >= 0.3 is 6.03 Å². The van der Waals surface area contributed by atoms with Gasteiger partial charge in [-0.2, -0.15) is 0 Å². The van der Waals surface area contributed by atoms with Crippen LogP contribution in [0.3, 0.4) is 0 Å². The van der Waals surface area contributed by atoms with Crippen molar-refractivity contribution in [2.45, 2.75) is 26.4 Å². The van der Waals surface area contributed by atoms with E-state index < -0.39 is 6.10 Å². The second-order valence-electron chi connectivity index (χ2n) is 9.15. The van der Waals surface area contributed by atoms with Crippen molar-refractivity contribution in [1.82, 2.24) is 25.2 Å². The molecule has 38 heavy (non-hydrogen) atoms. The number of aromatic nitrogens is 3. The largest absolute Gasteiger partial charge is 0.455 e. The Morgan fingerprint density at radius 3 is 2.79 bits per heavy atom. The van der Waals surface area contributed by atoms with Gasteiger partial charge in [0.2, 0.25) is 0 Å². The zero-order valence-corrected chi connectivity index (χ0v) is 21.2. The number of fused-ring (bicyclic) bond motifs is 1. The van der Waals surface area contributed by atoms with Crippen LogP contribution in [-0.2, 0) is 0 Å². The summed E-state index contributed by atoms with van der Waals surface area (Å²) < 4.78 is 5.98. The Kier molecular flexibility index (Phi) is 7.33. The topological polar surface area (TPSA) is 112 Å². The molecule has 1 fully saturated rings. The van der Waals surface area contributed by atoms with Crippen LogP contribution in [0.5, 0.6) is 11.5 Å². The minimum absolute atomic E-state index is 0.212. The number of nitrogens with one attached hydrogen (secondary N) is 2. The summed E-state index contributed by atoms with van der Waals surface area (Å²) in [5.74, 6) is 8.17. The monoisotopic (exact) mass is 508 g/mol. The van der Waals surface area contributed by atoms with Crippen LogP contribution in [0.25, 0.3) is 10.9 Å². The number of rotatable bonds is 5. The van der Waals surface area contributed by atoms with Gasteiger partial charge in [-0.3, -0.25) is 4.98 Å². The van der Waals surface area contributed by atoms with Crippen molar-refractivity contribution < 1.29 is 14.6 Å². The predicted molar refractivity (Wildman–Crippen MR) is 146 cm³/mol. The Hall–Kier alpha value is -4.68. The van der Waals surface area contributed by atoms with Crippen LogP contribution in [0, 0.1) is 25.7 Å². The molecule has 1 atom stereocenters. The number of aliphatic hydroxyl groups excluding tert-OH is 1. The highest BCUT2D eigenvalue weighted by molar-refractivity contribution is 5.91. The molecular weight excluding hydrogens is 480 g/mol. The Morgan fingerprint density at radius 1 is 1.13 bits per heavy atom. The number of aliphatic hydroxyl groups is 1. The van der Waals surface area contributed by atoms with E-state index in [0.29, 0.717) is 31.1 Å². The number of likely N-dealkylation sites (tertiary alicyclic amines) is 1. The number of carbonyl (C=O) groups is 1. The molecule has 192 valence electrons. The van der Waals surface area contributed by atoms with Gasteiger partial charge < -0.3 is 25.4 Å². The highest BCUT2D eigenvalue weighted by Gasteiger charge is 2.23. The molecule has 0 saturated carbocycles. The van der Waals surface area contributed by atoms with Gasteiger partial charge in [-0.1, -0.05) is 11.8 Å². The van der Waals surface area contributed by atoms with Crippen molar-refractivity contribution in [3.05, 3.63) is 77.9 Å². The van der Waals surface area contributed by atoms with E-state index in [-0.39, 0.29) is 12.6 Å². The number of β-amino-alcohol motifs (C(OH)–C–C–N with tert-alkyl or cyclic N) is 1. The number of nitrogens with zero attached hydrogens (tertiary/aromatic N) is 4. The number of ether oxygens (including phenoxy) is 1. The summed E-state index contributed by atoms with van der Waals surface area (Å²) in [6.07, 6.45) is 3.40. The van der Waals surface area contributed by atoms with Crippen LogP contribution in [0.1, 0.15) is 23.2 Å². The van der Waals surface area contributed by atoms with Crippen molar-refractivity contribution in [2.24, 2.45) is 0 Å². The lowest BCUT2D eigenvalue weighted by Gasteiger charge is -2.14. The fraction of sp³-hybridized carbons (Fsp3) is 0.241. The quantitative estimate of drug-likeness (QED) is 0.345.